The molecule has 0 radical (unpaired) electrons. The number of hydrogen-bond donors (Lipinski definition) is 1. The molecule has 0 unspecified atom stereocenters. The molecule has 1 N–H and O–H groups in total. The SMILES string of the molecule is Cc1ncn(-c2ccc(Oc3ccc(NC(=O)c4ccc5nsnc5c4)cc3)nn2)c1C. The zero-order valence-electron chi connectivity index (χ0n) is 17.2. The number of carbonyl (C=O) groups is 1. The first-order valence-electron chi connectivity index (χ1n) is 9.73. The summed E-state index contributed by atoms with van der Waals surface area (Å²) in [6.07, 6.45) is 1.72. The van der Waals surface area contributed by atoms with Crippen LogP contribution in [0.15, 0.2) is 60.9 Å². The zero-order valence-corrected chi connectivity index (χ0v) is 18.0. The van der Waals surface area contributed by atoms with E-state index in [0.717, 1.165) is 28.6 Å². The molecule has 0 spiro atoms. The quantitative estimate of drug-likeness (QED) is 0.431. The highest BCUT2D eigenvalue weighted by Crippen LogP contribution is 2.23. The van der Waals surface area contributed by atoms with Gasteiger partial charge in [0, 0.05) is 23.0 Å². The number of nitrogens with zero attached hydrogens (tertiary/aromatic N) is 6. The lowest BCUT2D eigenvalue weighted by molar-refractivity contribution is 0.102. The molecule has 0 saturated carbocycles. The van der Waals surface area contributed by atoms with Crippen molar-refractivity contribution in [3.63, 3.8) is 0 Å². The Labute approximate surface area is 187 Å². The Balaban J connectivity index is 1.24. The maximum atomic E-state index is 12.5. The fourth-order valence-electron chi connectivity index (χ4n) is 3.08. The summed E-state index contributed by atoms with van der Waals surface area (Å²) in [5.74, 6) is 1.39. The number of rotatable bonds is 5. The summed E-state index contributed by atoms with van der Waals surface area (Å²) < 4.78 is 15.9. The van der Waals surface area contributed by atoms with Gasteiger partial charge in [0.15, 0.2) is 5.82 Å². The number of imidazole rings is 1. The second kappa shape index (κ2) is 8.16. The van der Waals surface area contributed by atoms with Gasteiger partial charge in [-0.15, -0.1) is 10.2 Å². The van der Waals surface area contributed by atoms with E-state index in [0.29, 0.717) is 34.2 Å². The predicted molar refractivity (Wildman–Crippen MR) is 121 cm³/mol. The minimum Gasteiger partial charge on any atom is -0.438 e. The molecule has 9 nitrogen and oxygen atoms in total. The van der Waals surface area contributed by atoms with Crippen LogP contribution in [0.3, 0.4) is 0 Å². The summed E-state index contributed by atoms with van der Waals surface area (Å²) in [5, 5.41) is 11.2. The van der Waals surface area contributed by atoms with Gasteiger partial charge >= 0.3 is 0 Å². The minimum absolute atomic E-state index is 0.222. The van der Waals surface area contributed by atoms with Gasteiger partial charge in [-0.05, 0) is 62.4 Å². The van der Waals surface area contributed by atoms with Gasteiger partial charge in [0.05, 0.1) is 17.4 Å². The van der Waals surface area contributed by atoms with Crippen LogP contribution in [-0.2, 0) is 0 Å². The van der Waals surface area contributed by atoms with Gasteiger partial charge in [0.1, 0.15) is 23.1 Å². The van der Waals surface area contributed by atoms with Crippen LogP contribution >= 0.6 is 11.7 Å². The minimum atomic E-state index is -0.222. The topological polar surface area (TPSA) is 108 Å². The number of amides is 1. The predicted octanol–water partition coefficient (Wildman–Crippen LogP) is 4.33. The number of aromatic nitrogens is 6. The van der Waals surface area contributed by atoms with Crippen LogP contribution in [0.4, 0.5) is 5.69 Å². The van der Waals surface area contributed by atoms with E-state index < -0.39 is 0 Å². The van der Waals surface area contributed by atoms with Crippen molar-refractivity contribution < 1.29 is 9.53 Å². The molecule has 10 heteroatoms. The fourth-order valence-corrected chi connectivity index (χ4v) is 3.60. The first kappa shape index (κ1) is 19.8. The summed E-state index contributed by atoms with van der Waals surface area (Å²) in [7, 11) is 0. The summed E-state index contributed by atoms with van der Waals surface area (Å²) in [5.41, 5.74) is 4.60. The zero-order chi connectivity index (χ0) is 22.1. The Hall–Kier alpha value is -4.18. The number of ether oxygens (including phenoxy) is 1. The van der Waals surface area contributed by atoms with E-state index >= 15 is 0 Å². The number of hydrogen-bond acceptors (Lipinski definition) is 8. The summed E-state index contributed by atoms with van der Waals surface area (Å²) in [6, 6.07) is 15.8. The van der Waals surface area contributed by atoms with E-state index in [1.807, 2.05) is 24.5 Å². The van der Waals surface area contributed by atoms with Crippen molar-refractivity contribution in [2.45, 2.75) is 13.8 Å². The molecule has 0 saturated heterocycles. The van der Waals surface area contributed by atoms with Crippen LogP contribution in [0.5, 0.6) is 11.6 Å². The Kier molecular flexibility index (Phi) is 5.04. The van der Waals surface area contributed by atoms with Gasteiger partial charge in [-0.3, -0.25) is 9.36 Å². The standard InChI is InChI=1S/C22H17N7O2S/c1-13-14(2)29(12-23-13)20-9-10-21(26-25-20)31-17-6-4-16(5-7-17)24-22(30)15-3-8-18-19(11-15)28-32-27-18/h3-12H,1-2H3,(H,24,30). The molecule has 5 rings (SSSR count). The lowest BCUT2D eigenvalue weighted by atomic mass is 10.2. The van der Waals surface area contributed by atoms with Crippen LogP contribution < -0.4 is 10.1 Å². The van der Waals surface area contributed by atoms with E-state index in [-0.39, 0.29) is 5.91 Å². The van der Waals surface area contributed by atoms with Crippen LogP contribution in [-0.4, -0.2) is 34.4 Å². The van der Waals surface area contributed by atoms with Crippen molar-refractivity contribution in [3.8, 4) is 17.4 Å². The highest BCUT2D eigenvalue weighted by atomic mass is 32.1. The van der Waals surface area contributed by atoms with Crippen LogP contribution in [0.25, 0.3) is 16.9 Å². The number of aryl methyl sites for hydroxylation is 1. The number of benzene rings is 2. The van der Waals surface area contributed by atoms with E-state index in [1.54, 1.807) is 54.9 Å². The van der Waals surface area contributed by atoms with E-state index in [1.165, 1.54) is 0 Å². The summed E-state index contributed by atoms with van der Waals surface area (Å²) >= 11 is 1.12. The molecule has 158 valence electrons. The molecule has 2 aromatic carbocycles. The fraction of sp³-hybridized carbons (Fsp3) is 0.0909. The first-order chi connectivity index (χ1) is 15.6. The average molecular weight is 443 g/mol. The molecule has 5 aromatic rings. The van der Waals surface area contributed by atoms with E-state index in [4.69, 9.17) is 4.74 Å². The van der Waals surface area contributed by atoms with Gasteiger partial charge in [-0.25, -0.2) is 4.98 Å². The van der Waals surface area contributed by atoms with E-state index in [9.17, 15) is 4.79 Å². The number of fused-ring (bicyclic) bond motifs is 1. The van der Waals surface area contributed by atoms with Gasteiger partial charge in [0.25, 0.3) is 5.91 Å². The van der Waals surface area contributed by atoms with Crippen LogP contribution in [0.1, 0.15) is 21.7 Å². The van der Waals surface area contributed by atoms with Crippen molar-refractivity contribution in [1.82, 2.24) is 28.5 Å². The monoisotopic (exact) mass is 443 g/mol. The van der Waals surface area contributed by atoms with Crippen molar-refractivity contribution in [1.29, 1.82) is 0 Å². The number of nitrogens with one attached hydrogen (secondary N) is 1. The molecule has 0 fully saturated rings. The Bertz CT molecular complexity index is 1410. The first-order valence-corrected chi connectivity index (χ1v) is 10.5. The van der Waals surface area contributed by atoms with Gasteiger partial charge in [-0.2, -0.15) is 8.75 Å². The lowest BCUT2D eigenvalue weighted by Gasteiger charge is -2.08. The van der Waals surface area contributed by atoms with Crippen molar-refractivity contribution in [2.24, 2.45) is 0 Å². The Morgan fingerprint density at radius 2 is 1.78 bits per heavy atom. The molecule has 32 heavy (non-hydrogen) atoms. The molecule has 0 aliphatic rings. The Morgan fingerprint density at radius 3 is 2.50 bits per heavy atom. The summed E-state index contributed by atoms with van der Waals surface area (Å²) in [6.45, 7) is 3.92. The van der Waals surface area contributed by atoms with Gasteiger partial charge in [0.2, 0.25) is 5.88 Å². The lowest BCUT2D eigenvalue weighted by Crippen LogP contribution is -2.11. The molecule has 3 heterocycles. The van der Waals surface area contributed by atoms with E-state index in [2.05, 4.69) is 29.2 Å². The molecule has 1 amide bonds. The highest BCUT2D eigenvalue weighted by Gasteiger charge is 2.10. The third-order valence-corrected chi connectivity index (χ3v) is 5.53. The molecular weight excluding hydrogens is 426 g/mol. The maximum Gasteiger partial charge on any atom is 0.255 e. The second-order valence-corrected chi connectivity index (χ2v) is 7.59. The second-order valence-electron chi connectivity index (χ2n) is 7.06. The number of anilines is 1. The average Bonchev–Trinajstić information content (AvgIpc) is 3.42. The third kappa shape index (κ3) is 3.91. The molecular formula is C22H17N7O2S. The Morgan fingerprint density at radius 1 is 0.969 bits per heavy atom. The normalized spacial score (nSPS) is 10.9. The maximum absolute atomic E-state index is 12.5. The van der Waals surface area contributed by atoms with Gasteiger partial charge < -0.3 is 10.1 Å². The smallest absolute Gasteiger partial charge is 0.255 e. The highest BCUT2D eigenvalue weighted by molar-refractivity contribution is 7.00. The largest absolute Gasteiger partial charge is 0.438 e. The molecule has 3 aromatic heterocycles. The summed E-state index contributed by atoms with van der Waals surface area (Å²) in [4.78, 5) is 16.8. The van der Waals surface area contributed by atoms with Crippen molar-refractivity contribution in [3.05, 3.63) is 77.9 Å². The van der Waals surface area contributed by atoms with Crippen molar-refractivity contribution in [2.75, 3.05) is 5.32 Å². The molecule has 0 atom stereocenters. The molecule has 0 aliphatic heterocycles. The molecule has 0 bridgehead atoms. The third-order valence-electron chi connectivity index (χ3n) is 4.98. The number of carbonyl (C=O) groups excluding carboxylic acids is 1. The van der Waals surface area contributed by atoms with Gasteiger partial charge in [-0.1, -0.05) is 0 Å². The van der Waals surface area contributed by atoms with Crippen LogP contribution in [0, 0.1) is 13.8 Å². The van der Waals surface area contributed by atoms with Crippen LogP contribution in [0.2, 0.25) is 0 Å². The van der Waals surface area contributed by atoms with Crippen molar-refractivity contribution >= 4 is 34.4 Å². The molecule has 0 aliphatic carbocycles.